The molecule has 0 bridgehead atoms. The fourth-order valence-electron chi connectivity index (χ4n) is 5.09. The van der Waals surface area contributed by atoms with Gasteiger partial charge >= 0.3 is 0 Å². The molecule has 0 aliphatic carbocycles. The van der Waals surface area contributed by atoms with Crippen LogP contribution in [0.15, 0.2) is 47.6 Å². The maximum atomic E-state index is 12.9. The van der Waals surface area contributed by atoms with Crippen molar-refractivity contribution in [1.29, 1.82) is 0 Å². The van der Waals surface area contributed by atoms with Crippen molar-refractivity contribution in [2.45, 2.75) is 50.2 Å². The summed E-state index contributed by atoms with van der Waals surface area (Å²) < 4.78 is 28.0. The zero-order valence-electron chi connectivity index (χ0n) is 19.3. The first-order valence-corrected chi connectivity index (χ1v) is 13.8. The quantitative estimate of drug-likeness (QED) is 0.534. The lowest BCUT2D eigenvalue weighted by molar-refractivity contribution is -0.132. The van der Waals surface area contributed by atoms with Gasteiger partial charge in [-0.2, -0.15) is 0 Å². The Morgan fingerprint density at radius 1 is 1.06 bits per heavy atom. The van der Waals surface area contributed by atoms with Gasteiger partial charge < -0.3 is 9.47 Å². The molecule has 0 unspecified atom stereocenters. The molecule has 180 valence electrons. The normalized spacial score (nSPS) is 17.8. The molecule has 1 saturated heterocycles. The second kappa shape index (κ2) is 9.32. The molecular weight excluding hydrogens is 472 g/mol. The maximum absolute atomic E-state index is 12.9. The van der Waals surface area contributed by atoms with Gasteiger partial charge in [-0.15, -0.1) is 0 Å². The minimum absolute atomic E-state index is 0.00769. The fraction of sp³-hybridized carbons (Fsp3) is 0.440. The number of likely N-dealkylation sites (tertiary alicyclic amines) is 1. The van der Waals surface area contributed by atoms with E-state index in [9.17, 15) is 13.2 Å². The van der Waals surface area contributed by atoms with Crippen LogP contribution < -0.4 is 0 Å². The van der Waals surface area contributed by atoms with E-state index in [2.05, 4.69) is 21.4 Å². The van der Waals surface area contributed by atoms with E-state index in [1.165, 1.54) is 5.69 Å². The molecule has 2 aliphatic heterocycles. The molecule has 1 amide bonds. The number of amides is 1. The summed E-state index contributed by atoms with van der Waals surface area (Å²) in [5.41, 5.74) is 2.38. The third-order valence-corrected chi connectivity index (χ3v) is 9.14. The number of rotatable bonds is 5. The highest BCUT2D eigenvalue weighted by Gasteiger charge is 2.30. The van der Waals surface area contributed by atoms with Crippen molar-refractivity contribution in [1.82, 2.24) is 19.4 Å². The smallest absolute Gasteiger partial charge is 0.223 e. The molecule has 1 aromatic heterocycles. The monoisotopic (exact) mass is 500 g/mol. The minimum atomic E-state index is -3.55. The number of piperidine rings is 1. The number of carbonyl (C=O) groups excluding carboxylic acids is 1. The Kier molecular flexibility index (Phi) is 6.39. The first-order chi connectivity index (χ1) is 16.3. The third kappa shape index (κ3) is 4.72. The van der Waals surface area contributed by atoms with Crippen LogP contribution in [-0.4, -0.2) is 65.1 Å². The van der Waals surface area contributed by atoms with Crippen molar-refractivity contribution in [2.24, 2.45) is 0 Å². The van der Waals surface area contributed by atoms with Crippen LogP contribution in [0.5, 0.6) is 0 Å². The zero-order chi connectivity index (χ0) is 23.9. The Balaban J connectivity index is 1.15. The van der Waals surface area contributed by atoms with Crippen molar-refractivity contribution in [3.05, 3.63) is 59.1 Å². The Labute approximate surface area is 205 Å². The summed E-state index contributed by atoms with van der Waals surface area (Å²) in [5, 5.41) is 2.31. The van der Waals surface area contributed by atoms with Crippen molar-refractivity contribution < 1.29 is 13.2 Å². The van der Waals surface area contributed by atoms with Crippen LogP contribution >= 0.6 is 11.6 Å². The van der Waals surface area contributed by atoms with Gasteiger partial charge in [0.25, 0.3) is 0 Å². The molecule has 0 spiro atoms. The Morgan fingerprint density at radius 2 is 1.79 bits per heavy atom. The predicted octanol–water partition coefficient (Wildman–Crippen LogP) is 3.67. The van der Waals surface area contributed by atoms with Crippen LogP contribution in [0, 0.1) is 6.92 Å². The minimum Gasteiger partial charge on any atom is -0.343 e. The molecule has 7 nitrogen and oxygen atoms in total. The van der Waals surface area contributed by atoms with Gasteiger partial charge in [0.1, 0.15) is 0 Å². The predicted molar refractivity (Wildman–Crippen MR) is 133 cm³/mol. The average Bonchev–Trinajstić information content (AvgIpc) is 3.22. The molecule has 0 saturated carbocycles. The molecule has 9 heteroatoms. The maximum Gasteiger partial charge on any atom is 0.223 e. The summed E-state index contributed by atoms with van der Waals surface area (Å²) >= 11 is 6.01. The van der Waals surface area contributed by atoms with Gasteiger partial charge in [-0.25, -0.2) is 13.4 Å². The van der Waals surface area contributed by atoms with Crippen LogP contribution in [-0.2, 0) is 27.7 Å². The molecule has 3 heterocycles. The number of benzene rings is 2. The molecule has 0 atom stereocenters. The Hall–Kier alpha value is -2.42. The summed E-state index contributed by atoms with van der Waals surface area (Å²) in [6, 6.07) is 10.8. The number of fused-ring (bicyclic) bond motifs is 2. The summed E-state index contributed by atoms with van der Waals surface area (Å²) in [7, 11) is -3.55. The molecule has 34 heavy (non-hydrogen) atoms. The van der Waals surface area contributed by atoms with E-state index in [-0.39, 0.29) is 23.0 Å². The van der Waals surface area contributed by atoms with Crippen molar-refractivity contribution in [3.63, 3.8) is 0 Å². The van der Waals surface area contributed by atoms with Gasteiger partial charge in [0.2, 0.25) is 5.91 Å². The molecule has 2 aromatic carbocycles. The van der Waals surface area contributed by atoms with Crippen LogP contribution in [0.3, 0.4) is 0 Å². The first kappa shape index (κ1) is 23.3. The van der Waals surface area contributed by atoms with Gasteiger partial charge in [-0.05, 0) is 54.8 Å². The summed E-state index contributed by atoms with van der Waals surface area (Å²) in [4.78, 5) is 21.8. The highest BCUT2D eigenvalue weighted by atomic mass is 35.5. The molecule has 5 rings (SSSR count). The SMILES string of the molecule is Cc1ncn2c1CN(C1CCN(C(=O)CCS(=O)(=O)c3ccc4cc(Cl)ccc4c3)CC1)CC2. The zero-order valence-corrected chi connectivity index (χ0v) is 20.9. The molecule has 3 aromatic rings. The van der Waals surface area contributed by atoms with E-state index in [4.69, 9.17) is 11.6 Å². The van der Waals surface area contributed by atoms with Crippen LogP contribution in [0.2, 0.25) is 5.02 Å². The number of hydrogen-bond donors (Lipinski definition) is 0. The lowest BCUT2D eigenvalue weighted by Crippen LogP contribution is -2.48. The van der Waals surface area contributed by atoms with E-state index in [1.54, 1.807) is 30.3 Å². The lowest BCUT2D eigenvalue weighted by Gasteiger charge is -2.40. The highest BCUT2D eigenvalue weighted by molar-refractivity contribution is 7.91. The fourth-order valence-corrected chi connectivity index (χ4v) is 6.53. The third-order valence-electron chi connectivity index (χ3n) is 7.19. The second-order valence-corrected chi connectivity index (χ2v) is 11.8. The number of carbonyl (C=O) groups is 1. The topological polar surface area (TPSA) is 75.5 Å². The number of aromatic nitrogens is 2. The number of imidazole rings is 1. The number of sulfone groups is 1. The summed E-state index contributed by atoms with van der Waals surface area (Å²) in [5.74, 6) is -0.262. The summed E-state index contributed by atoms with van der Waals surface area (Å²) in [6.45, 7) is 6.26. The van der Waals surface area contributed by atoms with E-state index in [0.717, 1.165) is 48.9 Å². The molecule has 2 aliphatic rings. The highest BCUT2D eigenvalue weighted by Crippen LogP contribution is 2.25. The number of aryl methyl sites for hydroxylation is 1. The Bertz CT molecular complexity index is 1330. The molecule has 1 fully saturated rings. The molecule has 0 radical (unpaired) electrons. The van der Waals surface area contributed by atoms with Gasteiger partial charge in [0.05, 0.1) is 28.4 Å². The number of hydrogen-bond acceptors (Lipinski definition) is 5. The average molecular weight is 501 g/mol. The van der Waals surface area contributed by atoms with Crippen LogP contribution in [0.25, 0.3) is 10.8 Å². The molecular formula is C25H29ClN4O3S. The van der Waals surface area contributed by atoms with E-state index in [1.807, 2.05) is 17.3 Å². The largest absolute Gasteiger partial charge is 0.343 e. The van der Waals surface area contributed by atoms with E-state index in [0.29, 0.717) is 24.2 Å². The number of halogens is 1. The first-order valence-electron chi connectivity index (χ1n) is 11.7. The van der Waals surface area contributed by atoms with Crippen molar-refractivity contribution in [3.8, 4) is 0 Å². The summed E-state index contributed by atoms with van der Waals surface area (Å²) in [6.07, 6.45) is 3.76. The lowest BCUT2D eigenvalue weighted by atomic mass is 10.0. The van der Waals surface area contributed by atoms with Gasteiger partial charge in [-0.3, -0.25) is 9.69 Å². The van der Waals surface area contributed by atoms with E-state index >= 15 is 0 Å². The van der Waals surface area contributed by atoms with Gasteiger partial charge in [0, 0.05) is 50.2 Å². The standard InChI is InChI=1S/C25H29ClN4O3S/c1-18-24-16-29(11-12-30(24)17-27-18)22-6-9-28(10-7-22)25(31)8-13-34(32,33)23-5-3-19-14-21(26)4-2-20(19)15-23/h2-5,14-15,17,22H,6-13,16H2,1H3. The molecule has 0 N–H and O–H groups in total. The van der Waals surface area contributed by atoms with Crippen molar-refractivity contribution >= 4 is 38.1 Å². The van der Waals surface area contributed by atoms with Crippen molar-refractivity contribution in [2.75, 3.05) is 25.4 Å². The number of nitrogens with zero attached hydrogens (tertiary/aromatic N) is 4. The van der Waals surface area contributed by atoms with Gasteiger partial charge in [-0.1, -0.05) is 23.7 Å². The second-order valence-electron chi connectivity index (χ2n) is 9.27. The van der Waals surface area contributed by atoms with Gasteiger partial charge in [0.15, 0.2) is 9.84 Å². The van der Waals surface area contributed by atoms with E-state index < -0.39 is 9.84 Å². The Morgan fingerprint density at radius 3 is 2.59 bits per heavy atom. The van der Waals surface area contributed by atoms with Crippen LogP contribution in [0.1, 0.15) is 30.7 Å². The van der Waals surface area contributed by atoms with Crippen LogP contribution in [0.4, 0.5) is 0 Å².